The van der Waals surface area contributed by atoms with Crippen molar-refractivity contribution in [1.82, 2.24) is 0 Å². The van der Waals surface area contributed by atoms with Gasteiger partial charge >= 0.3 is 0 Å². The van der Waals surface area contributed by atoms with Crippen LogP contribution in [0.15, 0.2) is 24.3 Å². The van der Waals surface area contributed by atoms with E-state index in [1.54, 1.807) is 0 Å². The van der Waals surface area contributed by atoms with Crippen LogP contribution in [-0.2, 0) is 30.3 Å². The van der Waals surface area contributed by atoms with Gasteiger partial charge in [-0.2, -0.15) is 0 Å². The van der Waals surface area contributed by atoms with E-state index in [0.29, 0.717) is 0 Å². The SMILES string of the molecule is COOS(=S)Nc1ccccc1C. The van der Waals surface area contributed by atoms with E-state index in [9.17, 15) is 0 Å². The topological polar surface area (TPSA) is 30.5 Å². The molecule has 1 aromatic rings. The number of hydrogen-bond donors (Lipinski definition) is 1. The molecule has 13 heavy (non-hydrogen) atoms. The molecule has 0 heterocycles. The summed E-state index contributed by atoms with van der Waals surface area (Å²) in [5, 5.41) is 0. The molecule has 0 saturated carbocycles. The summed E-state index contributed by atoms with van der Waals surface area (Å²) in [6.45, 7) is 2.00. The van der Waals surface area contributed by atoms with Gasteiger partial charge in [-0.25, -0.2) is 4.89 Å². The third-order valence-corrected chi connectivity index (χ3v) is 2.53. The van der Waals surface area contributed by atoms with Gasteiger partial charge < -0.3 is 4.72 Å². The van der Waals surface area contributed by atoms with Crippen molar-refractivity contribution in [2.75, 3.05) is 11.8 Å². The van der Waals surface area contributed by atoms with Crippen LogP contribution in [0.1, 0.15) is 5.56 Å². The smallest absolute Gasteiger partial charge is 0.142 e. The van der Waals surface area contributed by atoms with Crippen LogP contribution >= 0.6 is 0 Å². The summed E-state index contributed by atoms with van der Waals surface area (Å²) in [6.07, 6.45) is 0. The maximum absolute atomic E-state index is 4.95. The van der Waals surface area contributed by atoms with E-state index in [0.717, 1.165) is 11.3 Å². The first kappa shape index (κ1) is 10.6. The number of aryl methyl sites for hydroxylation is 1. The Bertz CT molecular complexity index is 304. The molecular weight excluding hydrogens is 206 g/mol. The molecule has 1 unspecified atom stereocenters. The Kier molecular flexibility index (Phi) is 4.31. The summed E-state index contributed by atoms with van der Waals surface area (Å²) in [6, 6.07) is 7.86. The second kappa shape index (κ2) is 5.29. The summed E-state index contributed by atoms with van der Waals surface area (Å²) in [7, 11) is 0.616. The number of benzene rings is 1. The zero-order chi connectivity index (χ0) is 9.68. The first-order chi connectivity index (χ1) is 6.24. The van der Waals surface area contributed by atoms with Crippen molar-refractivity contribution in [1.29, 1.82) is 0 Å². The summed E-state index contributed by atoms with van der Waals surface area (Å²) < 4.78 is 7.74. The van der Waals surface area contributed by atoms with Crippen molar-refractivity contribution in [3.05, 3.63) is 29.8 Å². The first-order valence-electron chi connectivity index (χ1n) is 3.69. The molecular formula is C8H11NO2S2. The van der Waals surface area contributed by atoms with Crippen LogP contribution in [0.3, 0.4) is 0 Å². The maximum atomic E-state index is 4.95. The molecule has 0 saturated heterocycles. The Morgan fingerprint density at radius 1 is 1.38 bits per heavy atom. The third kappa shape index (κ3) is 3.40. The van der Waals surface area contributed by atoms with E-state index >= 15 is 0 Å². The van der Waals surface area contributed by atoms with Crippen molar-refractivity contribution in [3.8, 4) is 0 Å². The quantitative estimate of drug-likeness (QED) is 0.616. The molecule has 0 aromatic heterocycles. The lowest BCUT2D eigenvalue weighted by Gasteiger charge is -2.08. The second-order valence-electron chi connectivity index (χ2n) is 2.39. The Morgan fingerprint density at radius 3 is 2.69 bits per heavy atom. The molecule has 0 radical (unpaired) electrons. The minimum Gasteiger partial charge on any atom is -0.303 e. The molecule has 3 nitrogen and oxygen atoms in total. The molecule has 72 valence electrons. The highest BCUT2D eigenvalue weighted by molar-refractivity contribution is 8.26. The van der Waals surface area contributed by atoms with E-state index < -0.39 is 9.92 Å². The van der Waals surface area contributed by atoms with E-state index in [4.69, 9.17) is 15.5 Å². The molecule has 0 aliphatic heterocycles. The summed E-state index contributed by atoms with van der Waals surface area (Å²) in [4.78, 5) is 4.46. The van der Waals surface area contributed by atoms with Gasteiger partial charge in [0.15, 0.2) is 0 Å². The van der Waals surface area contributed by atoms with Crippen molar-refractivity contribution >= 4 is 26.8 Å². The van der Waals surface area contributed by atoms with Gasteiger partial charge in [-0.1, -0.05) is 18.2 Å². The molecule has 0 aliphatic carbocycles. The van der Waals surface area contributed by atoms with E-state index in [-0.39, 0.29) is 0 Å². The fourth-order valence-corrected chi connectivity index (χ4v) is 1.86. The van der Waals surface area contributed by atoms with Crippen LogP contribution in [0.25, 0.3) is 0 Å². The van der Waals surface area contributed by atoms with Crippen LogP contribution in [0.5, 0.6) is 0 Å². The highest BCUT2D eigenvalue weighted by Gasteiger charge is 1.98. The van der Waals surface area contributed by atoms with Gasteiger partial charge in [0.25, 0.3) is 0 Å². The molecule has 0 spiro atoms. The second-order valence-corrected chi connectivity index (χ2v) is 4.10. The summed E-state index contributed by atoms with van der Waals surface area (Å²) >= 11 is 4.95. The number of rotatable bonds is 4. The van der Waals surface area contributed by atoms with E-state index in [2.05, 4.69) is 9.61 Å². The molecule has 1 rings (SSSR count). The zero-order valence-corrected chi connectivity index (χ0v) is 9.08. The third-order valence-electron chi connectivity index (χ3n) is 1.47. The molecule has 0 fully saturated rings. The molecule has 5 heteroatoms. The normalized spacial score (nSPS) is 12.5. The van der Waals surface area contributed by atoms with E-state index in [1.165, 1.54) is 7.11 Å². The lowest BCUT2D eigenvalue weighted by molar-refractivity contribution is -0.161. The van der Waals surface area contributed by atoms with Gasteiger partial charge in [0.1, 0.15) is 9.92 Å². The van der Waals surface area contributed by atoms with Gasteiger partial charge in [0, 0.05) is 16.9 Å². The molecule has 0 aliphatic rings. The predicted octanol–water partition coefficient (Wildman–Crippen LogP) is 1.90. The summed E-state index contributed by atoms with van der Waals surface area (Å²) in [5.41, 5.74) is 2.10. The first-order valence-corrected chi connectivity index (χ1v) is 5.76. The van der Waals surface area contributed by atoms with Crippen LogP contribution in [0.2, 0.25) is 0 Å². The lowest BCUT2D eigenvalue weighted by Crippen LogP contribution is -2.06. The standard InChI is InChI=1S/C8H11NO2S2/c1-7-5-3-4-6-8(7)9-13(12)11-10-2/h3-6,9H,1-2H3. The lowest BCUT2D eigenvalue weighted by atomic mass is 10.2. The van der Waals surface area contributed by atoms with Gasteiger partial charge in [-0.05, 0) is 18.6 Å². The van der Waals surface area contributed by atoms with Crippen molar-refractivity contribution in [2.45, 2.75) is 6.92 Å². The van der Waals surface area contributed by atoms with Crippen molar-refractivity contribution in [3.63, 3.8) is 0 Å². The van der Waals surface area contributed by atoms with Crippen molar-refractivity contribution < 1.29 is 9.22 Å². The molecule has 1 N–H and O–H groups in total. The van der Waals surface area contributed by atoms with Crippen LogP contribution in [-0.4, -0.2) is 7.11 Å². The highest BCUT2D eigenvalue weighted by Crippen LogP contribution is 2.13. The number of nitrogens with one attached hydrogen (secondary N) is 1. The van der Waals surface area contributed by atoms with Gasteiger partial charge in [-0.3, -0.25) is 0 Å². The van der Waals surface area contributed by atoms with Crippen LogP contribution in [0, 0.1) is 6.92 Å². The molecule has 0 amide bonds. The average Bonchev–Trinajstić information content (AvgIpc) is 2.09. The van der Waals surface area contributed by atoms with Crippen LogP contribution < -0.4 is 4.72 Å². The number of hydrogen-bond acceptors (Lipinski definition) is 3. The van der Waals surface area contributed by atoms with Gasteiger partial charge in [-0.15, -0.1) is 4.33 Å². The largest absolute Gasteiger partial charge is 0.303 e. The monoisotopic (exact) mass is 217 g/mol. The molecule has 1 aromatic carbocycles. The number of para-hydroxylation sites is 1. The Labute approximate surface area is 84.9 Å². The summed E-state index contributed by atoms with van der Waals surface area (Å²) in [5.74, 6) is 0. The van der Waals surface area contributed by atoms with Crippen molar-refractivity contribution in [2.24, 2.45) is 0 Å². The Morgan fingerprint density at radius 2 is 2.08 bits per heavy atom. The minimum atomic E-state index is -0.820. The number of anilines is 1. The zero-order valence-electron chi connectivity index (χ0n) is 7.44. The maximum Gasteiger partial charge on any atom is 0.142 e. The fraction of sp³-hybridized carbons (Fsp3) is 0.250. The molecule has 1 atom stereocenters. The van der Waals surface area contributed by atoms with Gasteiger partial charge in [0.2, 0.25) is 0 Å². The predicted molar refractivity (Wildman–Crippen MR) is 57.6 cm³/mol. The van der Waals surface area contributed by atoms with Crippen LogP contribution in [0.4, 0.5) is 5.69 Å². The fourth-order valence-electron chi connectivity index (χ4n) is 0.856. The Hall–Kier alpha value is -0.490. The van der Waals surface area contributed by atoms with Gasteiger partial charge in [0.05, 0.1) is 7.11 Å². The molecule has 0 bridgehead atoms. The average molecular weight is 217 g/mol. The Balaban J connectivity index is 2.63. The minimum absolute atomic E-state index is 0.820. The highest BCUT2D eigenvalue weighted by atomic mass is 32.8. The van der Waals surface area contributed by atoms with E-state index in [1.807, 2.05) is 31.2 Å².